The average Bonchev–Trinajstić information content (AvgIpc) is 2.50. The Bertz CT molecular complexity index is 586. The molecule has 0 saturated carbocycles. The number of morpholine rings is 1. The molecule has 0 aromatic carbocycles. The summed E-state index contributed by atoms with van der Waals surface area (Å²) in [7, 11) is 0. The molecule has 7 nitrogen and oxygen atoms in total. The van der Waals surface area contributed by atoms with Gasteiger partial charge in [-0.05, 0) is 26.0 Å². The average molecular weight is 323 g/mol. The lowest BCUT2D eigenvalue weighted by Gasteiger charge is -2.26. The van der Waals surface area contributed by atoms with Crippen molar-refractivity contribution in [2.24, 2.45) is 5.73 Å². The third-order valence-corrected chi connectivity index (χ3v) is 3.50. The van der Waals surface area contributed by atoms with Gasteiger partial charge in [-0.2, -0.15) is 0 Å². The minimum absolute atomic E-state index is 0.0210. The predicted octanol–water partition coefficient (Wildman–Crippen LogP) is 0.213. The van der Waals surface area contributed by atoms with Gasteiger partial charge in [-0.3, -0.25) is 9.59 Å². The smallest absolute Gasteiger partial charge is 0.292 e. The molecule has 0 radical (unpaired) electrons. The molecular weight excluding hydrogens is 298 g/mol. The Kier molecular flexibility index (Phi) is 5.79. The molecule has 1 fully saturated rings. The van der Waals surface area contributed by atoms with Gasteiger partial charge in [0.05, 0.1) is 26.2 Å². The number of nitrogens with zero attached hydrogens (tertiary/aromatic N) is 2. The van der Waals surface area contributed by atoms with E-state index in [1.165, 1.54) is 4.57 Å². The molecule has 1 aliphatic heterocycles. The Morgan fingerprint density at radius 1 is 1.39 bits per heavy atom. The third kappa shape index (κ3) is 5.37. The van der Waals surface area contributed by atoms with Crippen molar-refractivity contribution in [2.45, 2.75) is 32.4 Å². The highest BCUT2D eigenvalue weighted by atomic mass is 16.5. The first-order valence-corrected chi connectivity index (χ1v) is 7.83. The fourth-order valence-corrected chi connectivity index (χ4v) is 2.41. The van der Waals surface area contributed by atoms with Crippen LogP contribution in [-0.4, -0.2) is 53.8 Å². The van der Waals surface area contributed by atoms with E-state index in [0.717, 1.165) is 0 Å². The van der Waals surface area contributed by atoms with E-state index in [1.54, 1.807) is 23.2 Å². The van der Waals surface area contributed by atoms with Gasteiger partial charge in [-0.15, -0.1) is 0 Å². The van der Waals surface area contributed by atoms with Crippen LogP contribution in [0.4, 0.5) is 0 Å². The van der Waals surface area contributed by atoms with Crippen molar-refractivity contribution >= 4 is 5.91 Å². The molecule has 0 bridgehead atoms. The summed E-state index contributed by atoms with van der Waals surface area (Å²) in [5.41, 5.74) is 5.23. The number of hydrogen-bond donors (Lipinski definition) is 1. The maximum atomic E-state index is 12.3. The molecule has 7 heteroatoms. The summed E-state index contributed by atoms with van der Waals surface area (Å²) >= 11 is 0. The van der Waals surface area contributed by atoms with Crippen molar-refractivity contribution in [3.05, 3.63) is 28.7 Å². The fourth-order valence-electron chi connectivity index (χ4n) is 2.41. The second-order valence-corrected chi connectivity index (χ2v) is 6.39. The van der Waals surface area contributed by atoms with E-state index in [9.17, 15) is 9.59 Å². The Balaban J connectivity index is 1.89. The minimum atomic E-state index is -0.491. The number of amides is 1. The fraction of sp³-hybridized carbons (Fsp3) is 0.625. The second kappa shape index (κ2) is 7.61. The zero-order valence-corrected chi connectivity index (χ0v) is 13.8. The lowest BCUT2D eigenvalue weighted by molar-refractivity contribution is -0.135. The Hall–Kier alpha value is -1.86. The van der Waals surface area contributed by atoms with E-state index in [-0.39, 0.29) is 30.2 Å². The molecular formula is C16H25N3O4. The van der Waals surface area contributed by atoms with Crippen molar-refractivity contribution in [1.29, 1.82) is 0 Å². The van der Waals surface area contributed by atoms with Crippen LogP contribution in [-0.2, 0) is 16.1 Å². The van der Waals surface area contributed by atoms with Crippen molar-refractivity contribution in [3.63, 3.8) is 0 Å². The van der Waals surface area contributed by atoms with Crippen LogP contribution in [0.2, 0.25) is 0 Å². The largest absolute Gasteiger partial charge is 0.487 e. The molecule has 1 aromatic rings. The van der Waals surface area contributed by atoms with Crippen LogP contribution in [0.5, 0.6) is 5.75 Å². The number of ether oxygens (including phenoxy) is 2. The summed E-state index contributed by atoms with van der Waals surface area (Å²) in [6.07, 6.45) is 1.93. The molecule has 1 aromatic heterocycles. The van der Waals surface area contributed by atoms with Crippen LogP contribution in [0.25, 0.3) is 0 Å². The lowest BCUT2D eigenvalue weighted by atomic mass is 10.1. The molecule has 1 saturated heterocycles. The Labute approximate surface area is 136 Å². The van der Waals surface area contributed by atoms with Crippen LogP contribution >= 0.6 is 0 Å². The van der Waals surface area contributed by atoms with Gasteiger partial charge >= 0.3 is 0 Å². The molecule has 23 heavy (non-hydrogen) atoms. The summed E-state index contributed by atoms with van der Waals surface area (Å²) in [6.45, 7) is 6.67. The van der Waals surface area contributed by atoms with Crippen molar-refractivity contribution in [2.75, 3.05) is 32.9 Å². The quantitative estimate of drug-likeness (QED) is 0.809. The van der Waals surface area contributed by atoms with Gasteiger partial charge in [-0.25, -0.2) is 0 Å². The molecule has 0 atom stereocenters. The van der Waals surface area contributed by atoms with Crippen molar-refractivity contribution in [3.8, 4) is 5.75 Å². The van der Waals surface area contributed by atoms with Gasteiger partial charge in [0.15, 0.2) is 5.75 Å². The number of aromatic nitrogens is 1. The van der Waals surface area contributed by atoms with Gasteiger partial charge in [0.25, 0.3) is 5.56 Å². The Morgan fingerprint density at radius 3 is 2.74 bits per heavy atom. The van der Waals surface area contributed by atoms with E-state index >= 15 is 0 Å². The predicted molar refractivity (Wildman–Crippen MR) is 86.5 cm³/mol. The molecule has 2 rings (SSSR count). The lowest BCUT2D eigenvalue weighted by Crippen LogP contribution is -2.41. The number of pyridine rings is 1. The van der Waals surface area contributed by atoms with Crippen LogP contribution < -0.4 is 16.0 Å². The van der Waals surface area contributed by atoms with Crippen LogP contribution in [0.1, 0.15) is 20.3 Å². The first-order chi connectivity index (χ1) is 10.9. The van der Waals surface area contributed by atoms with Gasteiger partial charge in [0.1, 0.15) is 0 Å². The number of carbonyl (C=O) groups excluding carboxylic acids is 1. The van der Waals surface area contributed by atoms with E-state index < -0.39 is 5.54 Å². The van der Waals surface area contributed by atoms with E-state index in [4.69, 9.17) is 15.2 Å². The monoisotopic (exact) mass is 323 g/mol. The molecule has 2 N–H and O–H groups in total. The summed E-state index contributed by atoms with van der Waals surface area (Å²) in [5, 5.41) is 0. The molecule has 0 spiro atoms. The van der Waals surface area contributed by atoms with Gasteiger partial charge < -0.3 is 24.7 Å². The number of nitrogens with two attached hydrogens (primary N) is 1. The van der Waals surface area contributed by atoms with Crippen molar-refractivity contribution in [1.82, 2.24) is 9.47 Å². The molecule has 2 heterocycles. The van der Waals surface area contributed by atoms with Crippen molar-refractivity contribution < 1.29 is 14.3 Å². The van der Waals surface area contributed by atoms with Crippen LogP contribution in [0.3, 0.4) is 0 Å². The highest BCUT2D eigenvalue weighted by molar-refractivity contribution is 5.76. The maximum Gasteiger partial charge on any atom is 0.292 e. The highest BCUT2D eigenvalue weighted by Gasteiger charge is 2.17. The van der Waals surface area contributed by atoms with Crippen LogP contribution in [0.15, 0.2) is 23.1 Å². The van der Waals surface area contributed by atoms with E-state index in [2.05, 4.69) is 0 Å². The number of rotatable bonds is 6. The highest BCUT2D eigenvalue weighted by Crippen LogP contribution is 2.07. The molecule has 1 amide bonds. The minimum Gasteiger partial charge on any atom is -0.487 e. The zero-order chi connectivity index (χ0) is 16.9. The van der Waals surface area contributed by atoms with Gasteiger partial charge in [-0.1, -0.05) is 0 Å². The van der Waals surface area contributed by atoms with Gasteiger partial charge in [0.2, 0.25) is 5.91 Å². The third-order valence-electron chi connectivity index (χ3n) is 3.50. The van der Waals surface area contributed by atoms with E-state index in [1.807, 2.05) is 13.8 Å². The SMILES string of the molecule is CC(C)(N)Cn1cccc(OCCC(=O)N2CCOCC2)c1=O. The molecule has 128 valence electrons. The normalized spacial score (nSPS) is 15.5. The zero-order valence-electron chi connectivity index (χ0n) is 13.8. The maximum absolute atomic E-state index is 12.3. The topological polar surface area (TPSA) is 86.8 Å². The Morgan fingerprint density at radius 2 is 2.09 bits per heavy atom. The molecule has 0 aliphatic carbocycles. The summed E-state index contributed by atoms with van der Waals surface area (Å²) in [4.78, 5) is 26.1. The first kappa shape index (κ1) is 17.5. The van der Waals surface area contributed by atoms with Crippen LogP contribution in [0, 0.1) is 0 Å². The van der Waals surface area contributed by atoms with E-state index in [0.29, 0.717) is 32.8 Å². The summed E-state index contributed by atoms with van der Waals surface area (Å²) in [6, 6.07) is 3.35. The first-order valence-electron chi connectivity index (χ1n) is 7.83. The standard InChI is InChI=1S/C16H25N3O4/c1-16(2,17)12-19-6-3-4-13(15(19)21)23-9-5-14(20)18-7-10-22-11-8-18/h3-4,6H,5,7-12,17H2,1-2H3. The second-order valence-electron chi connectivity index (χ2n) is 6.39. The number of carbonyl (C=O) groups is 1. The van der Waals surface area contributed by atoms with Gasteiger partial charge in [0, 0.05) is 31.4 Å². The summed E-state index contributed by atoms with van der Waals surface area (Å²) < 4.78 is 12.2. The summed E-state index contributed by atoms with van der Waals surface area (Å²) in [5.74, 6) is 0.263. The molecule has 0 unspecified atom stereocenters. The molecule has 1 aliphatic rings. The number of hydrogen-bond acceptors (Lipinski definition) is 5.